The van der Waals surface area contributed by atoms with Crippen molar-refractivity contribution in [3.8, 4) is 11.5 Å². The van der Waals surface area contributed by atoms with Crippen LogP contribution in [-0.4, -0.2) is 54.6 Å². The van der Waals surface area contributed by atoms with Crippen LogP contribution in [0.15, 0.2) is 78.9 Å². The highest BCUT2D eigenvalue weighted by Gasteiger charge is 2.34. The molecule has 3 aromatic rings. The van der Waals surface area contributed by atoms with Gasteiger partial charge in [-0.2, -0.15) is 0 Å². The van der Waals surface area contributed by atoms with Crippen molar-refractivity contribution in [3.05, 3.63) is 95.0 Å². The fourth-order valence-corrected chi connectivity index (χ4v) is 4.57. The van der Waals surface area contributed by atoms with Crippen molar-refractivity contribution in [2.75, 3.05) is 32.8 Å². The van der Waals surface area contributed by atoms with Crippen LogP contribution in [0.1, 0.15) is 17.2 Å². The lowest BCUT2D eigenvalue weighted by molar-refractivity contribution is -0.143. The highest BCUT2D eigenvalue weighted by atomic mass is 35.5. The molecule has 3 aromatic carbocycles. The Kier molecular flexibility index (Phi) is 6.02. The average Bonchev–Trinajstić information content (AvgIpc) is 2.86. The summed E-state index contributed by atoms with van der Waals surface area (Å²) in [6.07, 6.45) is -0.599. The largest absolute Gasteiger partial charge is 0.485 e. The number of rotatable bonds is 4. The molecule has 0 radical (unpaired) electrons. The van der Waals surface area contributed by atoms with Gasteiger partial charge in [-0.1, -0.05) is 66.2 Å². The van der Waals surface area contributed by atoms with Gasteiger partial charge in [-0.25, -0.2) is 0 Å². The van der Waals surface area contributed by atoms with Crippen molar-refractivity contribution < 1.29 is 14.3 Å². The van der Waals surface area contributed by atoms with Gasteiger partial charge in [0, 0.05) is 31.2 Å². The fourth-order valence-electron chi connectivity index (χ4n) is 4.44. The minimum atomic E-state index is -0.599. The maximum atomic E-state index is 13.1. The average molecular weight is 449 g/mol. The number of hydrogen-bond acceptors (Lipinski definition) is 4. The van der Waals surface area contributed by atoms with E-state index in [0.717, 1.165) is 18.1 Å². The third-order valence-corrected chi connectivity index (χ3v) is 6.33. The number of ether oxygens (including phenoxy) is 2. The molecule has 2 heterocycles. The molecule has 2 aliphatic heterocycles. The number of halogens is 1. The SMILES string of the molecule is O=C([C@H]1COc2ccccc2O1)N1CCN([C@H](c2ccccc2)c2ccc(Cl)cc2)CC1. The third-order valence-electron chi connectivity index (χ3n) is 6.08. The van der Waals surface area contributed by atoms with Crippen LogP contribution in [0, 0.1) is 0 Å². The summed E-state index contributed by atoms with van der Waals surface area (Å²) in [5, 5.41) is 0.729. The highest BCUT2D eigenvalue weighted by Crippen LogP contribution is 2.33. The van der Waals surface area contributed by atoms with E-state index in [4.69, 9.17) is 21.1 Å². The quantitative estimate of drug-likeness (QED) is 0.592. The van der Waals surface area contributed by atoms with E-state index in [9.17, 15) is 4.79 Å². The molecule has 1 saturated heterocycles. The molecule has 1 amide bonds. The van der Waals surface area contributed by atoms with E-state index in [-0.39, 0.29) is 18.6 Å². The fraction of sp³-hybridized carbons (Fsp3) is 0.269. The molecule has 0 saturated carbocycles. The van der Waals surface area contributed by atoms with Crippen LogP contribution in [0.2, 0.25) is 5.02 Å². The highest BCUT2D eigenvalue weighted by molar-refractivity contribution is 6.30. The Morgan fingerprint density at radius 2 is 1.44 bits per heavy atom. The Hall–Kier alpha value is -3.02. The molecular weight excluding hydrogens is 424 g/mol. The summed E-state index contributed by atoms with van der Waals surface area (Å²) in [7, 11) is 0. The normalized spacial score (nSPS) is 19.4. The van der Waals surface area contributed by atoms with Gasteiger partial charge in [0.15, 0.2) is 11.5 Å². The van der Waals surface area contributed by atoms with E-state index in [2.05, 4.69) is 41.3 Å². The molecule has 1 fully saturated rings. The van der Waals surface area contributed by atoms with Crippen molar-refractivity contribution in [2.45, 2.75) is 12.1 Å². The predicted molar refractivity (Wildman–Crippen MR) is 124 cm³/mol. The van der Waals surface area contributed by atoms with Crippen molar-refractivity contribution in [2.24, 2.45) is 0 Å². The summed E-state index contributed by atoms with van der Waals surface area (Å²) in [5.41, 5.74) is 2.43. The predicted octanol–water partition coefficient (Wildman–Crippen LogP) is 4.41. The molecule has 32 heavy (non-hydrogen) atoms. The maximum absolute atomic E-state index is 13.1. The van der Waals surface area contributed by atoms with Gasteiger partial charge in [0.25, 0.3) is 5.91 Å². The number of fused-ring (bicyclic) bond motifs is 1. The van der Waals surface area contributed by atoms with Gasteiger partial charge in [-0.3, -0.25) is 9.69 Å². The zero-order valence-electron chi connectivity index (χ0n) is 17.7. The number of amides is 1. The first kappa shape index (κ1) is 20.9. The summed E-state index contributed by atoms with van der Waals surface area (Å²) >= 11 is 6.13. The number of carbonyl (C=O) groups is 1. The van der Waals surface area contributed by atoms with Gasteiger partial charge in [0.05, 0.1) is 6.04 Å². The zero-order valence-corrected chi connectivity index (χ0v) is 18.4. The molecule has 2 atom stereocenters. The summed E-state index contributed by atoms with van der Waals surface area (Å²) in [4.78, 5) is 17.4. The molecule has 0 aromatic heterocycles. The van der Waals surface area contributed by atoms with E-state index in [1.165, 1.54) is 11.1 Å². The summed E-state index contributed by atoms with van der Waals surface area (Å²) in [5.74, 6) is 1.31. The second-order valence-electron chi connectivity index (χ2n) is 8.09. The van der Waals surface area contributed by atoms with Gasteiger partial charge in [-0.05, 0) is 35.4 Å². The first-order chi connectivity index (χ1) is 15.7. The molecule has 5 nitrogen and oxygen atoms in total. The standard InChI is InChI=1S/C26H25ClN2O3/c27-21-12-10-20(11-13-21)25(19-6-2-1-3-7-19)28-14-16-29(17-15-28)26(30)24-18-31-22-8-4-5-9-23(22)32-24/h1-13,24-25H,14-18H2/t24-,25-/m1/s1. The van der Waals surface area contributed by atoms with Crippen molar-refractivity contribution in [3.63, 3.8) is 0 Å². The molecule has 0 N–H and O–H groups in total. The lowest BCUT2D eigenvalue weighted by Crippen LogP contribution is -2.54. The zero-order chi connectivity index (χ0) is 21.9. The molecule has 164 valence electrons. The van der Waals surface area contributed by atoms with E-state index >= 15 is 0 Å². The Balaban J connectivity index is 1.28. The summed E-state index contributed by atoms with van der Waals surface area (Å²) in [6, 6.07) is 26.1. The number of nitrogens with zero attached hydrogens (tertiary/aromatic N) is 2. The number of piperazine rings is 1. The molecule has 0 aliphatic carbocycles. The van der Waals surface area contributed by atoms with Crippen LogP contribution < -0.4 is 9.47 Å². The topological polar surface area (TPSA) is 42.0 Å². The van der Waals surface area contributed by atoms with Crippen LogP contribution in [0.5, 0.6) is 11.5 Å². The van der Waals surface area contributed by atoms with Gasteiger partial charge in [0.1, 0.15) is 6.61 Å². The van der Waals surface area contributed by atoms with E-state index in [1.54, 1.807) is 0 Å². The van der Waals surface area contributed by atoms with Crippen molar-refractivity contribution in [1.82, 2.24) is 9.80 Å². The smallest absolute Gasteiger partial charge is 0.267 e. The van der Waals surface area contributed by atoms with Gasteiger partial charge < -0.3 is 14.4 Å². The van der Waals surface area contributed by atoms with Crippen molar-refractivity contribution >= 4 is 17.5 Å². The third kappa shape index (κ3) is 4.31. The summed E-state index contributed by atoms with van der Waals surface area (Å²) in [6.45, 7) is 3.10. The number of carbonyl (C=O) groups excluding carboxylic acids is 1. The molecular formula is C26H25ClN2O3. The van der Waals surface area contributed by atoms with Crippen LogP contribution >= 0.6 is 11.6 Å². The van der Waals surface area contributed by atoms with E-state index < -0.39 is 6.10 Å². The van der Waals surface area contributed by atoms with Crippen LogP contribution in [0.4, 0.5) is 0 Å². The monoisotopic (exact) mass is 448 g/mol. The van der Waals surface area contributed by atoms with Crippen LogP contribution in [-0.2, 0) is 4.79 Å². The molecule has 2 aliphatic rings. The number of hydrogen-bond donors (Lipinski definition) is 0. The molecule has 0 spiro atoms. The number of benzene rings is 3. The lowest BCUT2D eigenvalue weighted by Gasteiger charge is -2.41. The molecule has 6 heteroatoms. The Morgan fingerprint density at radius 3 is 2.16 bits per heavy atom. The van der Waals surface area contributed by atoms with E-state index in [0.29, 0.717) is 24.6 Å². The van der Waals surface area contributed by atoms with E-state index in [1.807, 2.05) is 47.4 Å². The van der Waals surface area contributed by atoms with Crippen LogP contribution in [0.25, 0.3) is 0 Å². The first-order valence-electron chi connectivity index (χ1n) is 10.9. The number of para-hydroxylation sites is 2. The Labute approximate surface area is 193 Å². The lowest BCUT2D eigenvalue weighted by atomic mass is 9.96. The minimum absolute atomic E-state index is 0.0121. The molecule has 0 bridgehead atoms. The Morgan fingerprint density at radius 1 is 0.812 bits per heavy atom. The molecule has 0 unspecified atom stereocenters. The first-order valence-corrected chi connectivity index (χ1v) is 11.3. The van der Waals surface area contributed by atoms with Gasteiger partial charge in [0.2, 0.25) is 6.10 Å². The second-order valence-corrected chi connectivity index (χ2v) is 8.53. The van der Waals surface area contributed by atoms with Crippen molar-refractivity contribution in [1.29, 1.82) is 0 Å². The second kappa shape index (κ2) is 9.23. The summed E-state index contributed by atoms with van der Waals surface area (Å²) < 4.78 is 11.7. The molecule has 5 rings (SSSR count). The maximum Gasteiger partial charge on any atom is 0.267 e. The van der Waals surface area contributed by atoms with Gasteiger partial charge >= 0.3 is 0 Å². The minimum Gasteiger partial charge on any atom is -0.485 e. The Bertz CT molecular complexity index is 1070. The van der Waals surface area contributed by atoms with Crippen LogP contribution in [0.3, 0.4) is 0 Å². The van der Waals surface area contributed by atoms with Gasteiger partial charge in [-0.15, -0.1) is 0 Å².